The summed E-state index contributed by atoms with van der Waals surface area (Å²) in [5.74, 6) is -0.463. The minimum atomic E-state index is -0.588. The lowest BCUT2D eigenvalue weighted by Gasteiger charge is -2.06. The molecule has 0 saturated heterocycles. The van der Waals surface area contributed by atoms with Gasteiger partial charge in [0.05, 0.1) is 6.04 Å². The SMILES string of the molecule is NC(=O)C(N)Cc1ccc(P)cc1. The van der Waals surface area contributed by atoms with Crippen LogP contribution >= 0.6 is 9.24 Å². The minimum Gasteiger partial charge on any atom is -0.368 e. The number of carbonyl (C=O) groups excluding carboxylic acids is 1. The summed E-state index contributed by atoms with van der Waals surface area (Å²) in [5.41, 5.74) is 11.6. The molecule has 1 rings (SSSR count). The van der Waals surface area contributed by atoms with E-state index >= 15 is 0 Å². The summed E-state index contributed by atoms with van der Waals surface area (Å²) in [6.45, 7) is 0. The Balaban J connectivity index is 2.64. The van der Waals surface area contributed by atoms with Crippen molar-refractivity contribution < 1.29 is 4.79 Å². The van der Waals surface area contributed by atoms with Gasteiger partial charge in [-0.15, -0.1) is 9.24 Å². The molecule has 1 aromatic rings. The van der Waals surface area contributed by atoms with Gasteiger partial charge in [0, 0.05) is 0 Å². The first-order valence-corrected chi connectivity index (χ1v) is 4.56. The molecule has 0 aliphatic rings. The van der Waals surface area contributed by atoms with Gasteiger partial charge in [0.25, 0.3) is 0 Å². The van der Waals surface area contributed by atoms with Gasteiger partial charge in [0.1, 0.15) is 0 Å². The molecule has 0 saturated carbocycles. The minimum absolute atomic E-state index is 0.463. The van der Waals surface area contributed by atoms with Crippen molar-refractivity contribution in [1.82, 2.24) is 0 Å². The molecule has 0 heterocycles. The van der Waals surface area contributed by atoms with E-state index in [9.17, 15) is 4.79 Å². The van der Waals surface area contributed by atoms with Crippen molar-refractivity contribution in [3.8, 4) is 0 Å². The zero-order valence-electron chi connectivity index (χ0n) is 7.23. The Hall–Kier alpha value is -0.920. The van der Waals surface area contributed by atoms with Crippen molar-refractivity contribution in [2.45, 2.75) is 12.5 Å². The lowest BCUT2D eigenvalue weighted by atomic mass is 10.1. The number of hydrogen-bond donors (Lipinski definition) is 2. The third-order valence-corrected chi connectivity index (χ3v) is 2.19. The molecule has 0 radical (unpaired) electrons. The van der Waals surface area contributed by atoms with Crippen LogP contribution in [0, 0.1) is 0 Å². The van der Waals surface area contributed by atoms with Crippen LogP contribution in [-0.4, -0.2) is 11.9 Å². The Labute approximate surface area is 79.7 Å². The average molecular weight is 196 g/mol. The van der Waals surface area contributed by atoms with Crippen molar-refractivity contribution in [1.29, 1.82) is 0 Å². The highest BCUT2D eigenvalue weighted by atomic mass is 31.0. The molecule has 2 unspecified atom stereocenters. The number of benzene rings is 1. The van der Waals surface area contributed by atoms with E-state index in [2.05, 4.69) is 9.24 Å². The van der Waals surface area contributed by atoms with Gasteiger partial charge in [-0.25, -0.2) is 0 Å². The number of nitrogens with two attached hydrogens (primary N) is 2. The maximum Gasteiger partial charge on any atom is 0.234 e. The van der Waals surface area contributed by atoms with Crippen molar-refractivity contribution in [3.63, 3.8) is 0 Å². The largest absolute Gasteiger partial charge is 0.368 e. The maximum absolute atomic E-state index is 10.7. The van der Waals surface area contributed by atoms with E-state index in [1.165, 1.54) is 0 Å². The fourth-order valence-corrected chi connectivity index (χ4v) is 1.20. The van der Waals surface area contributed by atoms with E-state index in [0.29, 0.717) is 6.42 Å². The molecule has 70 valence electrons. The number of amides is 1. The average Bonchev–Trinajstić information content (AvgIpc) is 2.08. The van der Waals surface area contributed by atoms with Crippen LogP contribution in [0.15, 0.2) is 24.3 Å². The van der Waals surface area contributed by atoms with Crippen LogP contribution in [0.3, 0.4) is 0 Å². The summed E-state index contributed by atoms with van der Waals surface area (Å²) in [4.78, 5) is 10.7. The Morgan fingerprint density at radius 2 is 1.92 bits per heavy atom. The monoisotopic (exact) mass is 196 g/mol. The molecule has 0 aliphatic heterocycles. The highest BCUT2D eigenvalue weighted by Crippen LogP contribution is 2.01. The Kier molecular flexibility index (Phi) is 3.40. The van der Waals surface area contributed by atoms with Crippen LogP contribution in [-0.2, 0) is 11.2 Å². The van der Waals surface area contributed by atoms with E-state index in [0.717, 1.165) is 10.9 Å². The maximum atomic E-state index is 10.7. The summed E-state index contributed by atoms with van der Waals surface area (Å²) < 4.78 is 0. The first-order valence-electron chi connectivity index (χ1n) is 3.99. The molecule has 0 fully saturated rings. The second-order valence-electron chi connectivity index (χ2n) is 2.95. The van der Waals surface area contributed by atoms with Gasteiger partial charge in [-0.2, -0.15) is 0 Å². The Bertz CT molecular complexity index is 297. The van der Waals surface area contributed by atoms with Crippen molar-refractivity contribution >= 4 is 20.5 Å². The first-order chi connectivity index (χ1) is 6.09. The zero-order chi connectivity index (χ0) is 9.84. The predicted molar refractivity (Wildman–Crippen MR) is 56.7 cm³/mol. The lowest BCUT2D eigenvalue weighted by molar-refractivity contribution is -0.119. The molecule has 1 amide bonds. The van der Waals surface area contributed by atoms with Gasteiger partial charge in [-0.3, -0.25) is 4.79 Å². The number of carbonyl (C=O) groups is 1. The summed E-state index contributed by atoms with van der Waals surface area (Å²) in [7, 11) is 2.59. The fourth-order valence-electron chi connectivity index (χ4n) is 1.01. The number of rotatable bonds is 3. The van der Waals surface area contributed by atoms with Crippen LogP contribution in [0.1, 0.15) is 5.56 Å². The Morgan fingerprint density at radius 1 is 1.38 bits per heavy atom. The second-order valence-corrected chi connectivity index (χ2v) is 3.62. The van der Waals surface area contributed by atoms with Crippen molar-refractivity contribution in [3.05, 3.63) is 29.8 Å². The van der Waals surface area contributed by atoms with Gasteiger partial charge in [0.15, 0.2) is 0 Å². The second kappa shape index (κ2) is 4.35. The molecule has 0 aromatic heterocycles. The van der Waals surface area contributed by atoms with Crippen LogP contribution in [0.4, 0.5) is 0 Å². The molecule has 4 heteroatoms. The third kappa shape index (κ3) is 3.13. The first kappa shape index (κ1) is 10.2. The molecule has 0 spiro atoms. The topological polar surface area (TPSA) is 69.1 Å². The summed E-state index contributed by atoms with van der Waals surface area (Å²) in [6.07, 6.45) is 0.500. The van der Waals surface area contributed by atoms with Crippen LogP contribution in [0.25, 0.3) is 0 Å². The molecule has 1 aromatic carbocycles. The van der Waals surface area contributed by atoms with E-state index in [1.807, 2.05) is 24.3 Å². The highest BCUT2D eigenvalue weighted by Gasteiger charge is 2.09. The Morgan fingerprint density at radius 3 is 2.38 bits per heavy atom. The van der Waals surface area contributed by atoms with E-state index in [1.54, 1.807) is 0 Å². The predicted octanol–water partition coefficient (Wildman–Crippen LogP) is -0.458. The van der Waals surface area contributed by atoms with Crippen molar-refractivity contribution in [2.75, 3.05) is 0 Å². The highest BCUT2D eigenvalue weighted by molar-refractivity contribution is 7.27. The molecule has 3 nitrogen and oxygen atoms in total. The van der Waals surface area contributed by atoms with Gasteiger partial charge in [-0.1, -0.05) is 24.3 Å². The lowest BCUT2D eigenvalue weighted by Crippen LogP contribution is -2.38. The van der Waals surface area contributed by atoms with Crippen LogP contribution < -0.4 is 16.8 Å². The van der Waals surface area contributed by atoms with E-state index < -0.39 is 11.9 Å². The van der Waals surface area contributed by atoms with E-state index in [4.69, 9.17) is 11.5 Å². The van der Waals surface area contributed by atoms with Gasteiger partial charge in [-0.05, 0) is 17.3 Å². The van der Waals surface area contributed by atoms with Gasteiger partial charge < -0.3 is 11.5 Å². The normalized spacial score (nSPS) is 12.5. The standard InChI is InChI=1S/C9H13N2OP/c10-8(9(11)12)5-6-1-3-7(13)4-2-6/h1-4,8H,5,10,13H2,(H2,11,12). The van der Waals surface area contributed by atoms with Gasteiger partial charge in [0.2, 0.25) is 5.91 Å². The third-order valence-electron chi connectivity index (χ3n) is 1.80. The molecule has 0 aliphatic carbocycles. The van der Waals surface area contributed by atoms with Crippen LogP contribution in [0.5, 0.6) is 0 Å². The zero-order valence-corrected chi connectivity index (χ0v) is 8.39. The van der Waals surface area contributed by atoms with Crippen molar-refractivity contribution in [2.24, 2.45) is 11.5 Å². The summed E-state index contributed by atoms with van der Waals surface area (Å²) >= 11 is 0. The number of primary amides is 1. The smallest absolute Gasteiger partial charge is 0.234 e. The summed E-state index contributed by atoms with van der Waals surface area (Å²) in [6, 6.07) is 7.19. The number of hydrogen-bond acceptors (Lipinski definition) is 2. The molecular formula is C9H13N2OP. The molecule has 0 bridgehead atoms. The van der Waals surface area contributed by atoms with Gasteiger partial charge >= 0.3 is 0 Å². The molecule has 4 N–H and O–H groups in total. The quantitative estimate of drug-likeness (QED) is 0.642. The van der Waals surface area contributed by atoms with E-state index in [-0.39, 0.29) is 0 Å². The van der Waals surface area contributed by atoms with Crippen LogP contribution in [0.2, 0.25) is 0 Å². The molecule has 13 heavy (non-hydrogen) atoms. The molecule has 2 atom stereocenters. The fraction of sp³-hybridized carbons (Fsp3) is 0.222. The molecular weight excluding hydrogens is 183 g/mol. The summed E-state index contributed by atoms with van der Waals surface area (Å²) in [5, 5.41) is 1.11.